The summed E-state index contributed by atoms with van der Waals surface area (Å²) in [6, 6.07) is 1.30. The number of halogens is 6. The van der Waals surface area contributed by atoms with Gasteiger partial charge in [0.15, 0.2) is 0 Å². The van der Waals surface area contributed by atoms with Gasteiger partial charge in [-0.1, -0.05) is 23.2 Å². The van der Waals surface area contributed by atoms with Gasteiger partial charge in [0.25, 0.3) is 0 Å². The van der Waals surface area contributed by atoms with Crippen LogP contribution in [0.4, 0.5) is 17.6 Å². The van der Waals surface area contributed by atoms with Crippen LogP contribution < -0.4 is 4.74 Å². The Morgan fingerprint density at radius 1 is 1.07 bits per heavy atom. The maximum atomic E-state index is 12.6. The maximum Gasteiger partial charge on any atom is 0.573 e. The molecular weight excluding hydrogens is 247 g/mol. The monoisotopic (exact) mass is 248 g/mol. The Morgan fingerprint density at radius 2 is 1.64 bits per heavy atom. The fraction of sp³-hybridized carbons (Fsp3) is 0.143. The highest BCUT2D eigenvalue weighted by Crippen LogP contribution is 2.33. The van der Waals surface area contributed by atoms with Crippen LogP contribution in [0.2, 0.25) is 10.0 Å². The molecule has 0 amide bonds. The quantitative estimate of drug-likeness (QED) is 0.539. The van der Waals surface area contributed by atoms with Crippen molar-refractivity contribution in [1.82, 2.24) is 0 Å². The van der Waals surface area contributed by atoms with Crippen LogP contribution in [0.5, 0.6) is 5.75 Å². The van der Waals surface area contributed by atoms with Gasteiger partial charge in [0.05, 0.1) is 10.0 Å². The second-order valence-corrected chi connectivity index (χ2v) is 3.06. The molecule has 1 nitrogen and oxygen atoms in total. The van der Waals surface area contributed by atoms with Gasteiger partial charge >= 0.3 is 6.36 Å². The fourth-order valence-electron chi connectivity index (χ4n) is 0.707. The topological polar surface area (TPSA) is 9.23 Å². The van der Waals surface area contributed by atoms with E-state index in [-0.39, 0.29) is 0 Å². The zero-order valence-electron chi connectivity index (χ0n) is 6.33. The van der Waals surface area contributed by atoms with Crippen LogP contribution in [0.25, 0.3) is 0 Å². The Bertz CT molecular complexity index is 350. The van der Waals surface area contributed by atoms with Gasteiger partial charge in [-0.25, -0.2) is 4.39 Å². The second kappa shape index (κ2) is 3.82. The minimum atomic E-state index is -4.88. The van der Waals surface area contributed by atoms with Crippen LogP contribution in [0.3, 0.4) is 0 Å². The molecule has 1 aromatic rings. The van der Waals surface area contributed by atoms with Crippen LogP contribution in [0.1, 0.15) is 0 Å². The van der Waals surface area contributed by atoms with Crippen molar-refractivity contribution in [1.29, 1.82) is 0 Å². The lowest BCUT2D eigenvalue weighted by Gasteiger charge is -2.10. The molecule has 0 aliphatic rings. The SMILES string of the molecule is Fc1cc(Cl)c(OC(F)(F)F)cc1Cl. The molecular formula is C7H2Cl2F4O. The Morgan fingerprint density at radius 3 is 2.14 bits per heavy atom. The second-order valence-electron chi connectivity index (χ2n) is 2.24. The van der Waals surface area contributed by atoms with E-state index in [9.17, 15) is 17.6 Å². The van der Waals surface area contributed by atoms with Crippen molar-refractivity contribution in [3.8, 4) is 5.75 Å². The highest BCUT2D eigenvalue weighted by atomic mass is 35.5. The van der Waals surface area contributed by atoms with E-state index in [0.717, 1.165) is 0 Å². The molecule has 0 radical (unpaired) electrons. The van der Waals surface area contributed by atoms with Gasteiger partial charge in [-0.05, 0) is 6.07 Å². The normalized spacial score (nSPS) is 11.6. The number of ether oxygens (including phenoxy) is 1. The standard InChI is InChI=1S/C7H2Cl2F4O/c8-3-2-6(14-7(11,12)13)4(9)1-5(3)10/h1-2H. The van der Waals surface area contributed by atoms with Crippen LogP contribution in [0, 0.1) is 5.82 Å². The molecule has 78 valence electrons. The van der Waals surface area contributed by atoms with E-state index in [1.165, 1.54) is 0 Å². The molecule has 1 rings (SSSR count). The molecule has 7 heteroatoms. The summed E-state index contributed by atoms with van der Waals surface area (Å²) in [6.45, 7) is 0. The molecule has 0 aliphatic heterocycles. The smallest absolute Gasteiger partial charge is 0.404 e. The number of hydrogen-bond donors (Lipinski definition) is 0. The zero-order valence-corrected chi connectivity index (χ0v) is 7.84. The molecule has 1 aromatic carbocycles. The molecule has 0 atom stereocenters. The van der Waals surface area contributed by atoms with E-state index < -0.39 is 28.0 Å². The van der Waals surface area contributed by atoms with Crippen LogP contribution in [0.15, 0.2) is 12.1 Å². The number of benzene rings is 1. The van der Waals surface area contributed by atoms with Gasteiger partial charge in [0.2, 0.25) is 0 Å². The van der Waals surface area contributed by atoms with Crippen molar-refractivity contribution in [2.75, 3.05) is 0 Å². The molecule has 14 heavy (non-hydrogen) atoms. The summed E-state index contributed by atoms with van der Waals surface area (Å²) in [6.07, 6.45) is -4.88. The fourth-order valence-corrected chi connectivity index (χ4v) is 1.05. The molecule has 0 aromatic heterocycles. The Labute approximate surface area is 86.2 Å². The average Bonchev–Trinajstić information content (AvgIpc) is 1.97. The van der Waals surface area contributed by atoms with Crippen molar-refractivity contribution in [2.45, 2.75) is 6.36 Å². The third-order valence-corrected chi connectivity index (χ3v) is 1.79. The van der Waals surface area contributed by atoms with Crippen molar-refractivity contribution < 1.29 is 22.3 Å². The summed E-state index contributed by atoms with van der Waals surface area (Å²) in [5, 5.41) is -0.988. The van der Waals surface area contributed by atoms with E-state index in [4.69, 9.17) is 23.2 Å². The highest BCUT2D eigenvalue weighted by molar-refractivity contribution is 6.34. The van der Waals surface area contributed by atoms with Crippen molar-refractivity contribution in [2.24, 2.45) is 0 Å². The Hall–Kier alpha value is -0.680. The first-order chi connectivity index (χ1) is 6.29. The highest BCUT2D eigenvalue weighted by Gasteiger charge is 2.32. The van der Waals surface area contributed by atoms with Crippen molar-refractivity contribution >= 4 is 23.2 Å². The van der Waals surface area contributed by atoms with Crippen LogP contribution in [-0.4, -0.2) is 6.36 Å². The van der Waals surface area contributed by atoms with E-state index in [2.05, 4.69) is 4.74 Å². The number of rotatable bonds is 1. The molecule has 0 heterocycles. The van der Waals surface area contributed by atoms with E-state index in [1.807, 2.05) is 0 Å². The van der Waals surface area contributed by atoms with E-state index in [0.29, 0.717) is 12.1 Å². The molecule has 0 aliphatic carbocycles. The number of alkyl halides is 3. The summed E-state index contributed by atoms with van der Waals surface area (Å²) >= 11 is 10.5. The molecule has 0 unspecified atom stereocenters. The van der Waals surface area contributed by atoms with Crippen molar-refractivity contribution in [3.63, 3.8) is 0 Å². The minimum absolute atomic E-state index is 0.492. The summed E-state index contributed by atoms with van der Waals surface area (Å²) in [5.41, 5.74) is 0. The first-order valence-electron chi connectivity index (χ1n) is 3.20. The lowest BCUT2D eigenvalue weighted by atomic mass is 10.3. The third kappa shape index (κ3) is 2.92. The molecule has 0 fully saturated rings. The van der Waals surface area contributed by atoms with Gasteiger partial charge < -0.3 is 4.74 Å². The maximum absolute atomic E-state index is 12.6. The third-order valence-electron chi connectivity index (χ3n) is 1.20. The lowest BCUT2D eigenvalue weighted by molar-refractivity contribution is -0.274. The predicted molar refractivity (Wildman–Crippen MR) is 43.1 cm³/mol. The summed E-state index contributed by atoms with van der Waals surface area (Å²) < 4.78 is 51.3. The average molecular weight is 249 g/mol. The van der Waals surface area contributed by atoms with Gasteiger partial charge in [-0.2, -0.15) is 0 Å². The first kappa shape index (κ1) is 11.4. The lowest BCUT2D eigenvalue weighted by Crippen LogP contribution is -2.17. The first-order valence-corrected chi connectivity index (χ1v) is 3.95. The zero-order chi connectivity index (χ0) is 10.9. The molecule has 0 bridgehead atoms. The van der Waals surface area contributed by atoms with Gasteiger partial charge in [-0.3, -0.25) is 0 Å². The largest absolute Gasteiger partial charge is 0.573 e. The molecule has 0 N–H and O–H groups in total. The molecule has 0 saturated carbocycles. The predicted octanol–water partition coefficient (Wildman–Crippen LogP) is 4.03. The summed E-state index contributed by atoms with van der Waals surface area (Å²) in [4.78, 5) is 0. The summed E-state index contributed by atoms with van der Waals surface area (Å²) in [5.74, 6) is -1.64. The minimum Gasteiger partial charge on any atom is -0.404 e. The molecule has 0 saturated heterocycles. The van der Waals surface area contributed by atoms with Gasteiger partial charge in [0, 0.05) is 6.07 Å². The van der Waals surface area contributed by atoms with Crippen LogP contribution >= 0.6 is 23.2 Å². The van der Waals surface area contributed by atoms with Crippen LogP contribution in [-0.2, 0) is 0 Å². The number of hydrogen-bond acceptors (Lipinski definition) is 1. The van der Waals surface area contributed by atoms with Gasteiger partial charge in [0.1, 0.15) is 11.6 Å². The Kier molecular flexibility index (Phi) is 3.11. The van der Waals surface area contributed by atoms with E-state index >= 15 is 0 Å². The Balaban J connectivity index is 3.04. The van der Waals surface area contributed by atoms with Crippen molar-refractivity contribution in [3.05, 3.63) is 28.0 Å². The summed E-state index contributed by atoms with van der Waals surface area (Å²) in [7, 11) is 0. The van der Waals surface area contributed by atoms with E-state index in [1.54, 1.807) is 0 Å². The molecule has 0 spiro atoms. The van der Waals surface area contributed by atoms with Gasteiger partial charge in [-0.15, -0.1) is 13.2 Å².